The summed E-state index contributed by atoms with van der Waals surface area (Å²) in [7, 11) is 0. The third-order valence-electron chi connectivity index (χ3n) is 4.55. The molecule has 0 spiro atoms. The number of ether oxygens (including phenoxy) is 2. The highest BCUT2D eigenvalue weighted by Gasteiger charge is 2.24. The van der Waals surface area contributed by atoms with E-state index in [0.29, 0.717) is 29.4 Å². The van der Waals surface area contributed by atoms with Gasteiger partial charge in [-0.1, -0.05) is 18.2 Å². The molecule has 0 fully saturated rings. The van der Waals surface area contributed by atoms with E-state index in [1.165, 1.54) is 11.8 Å². The summed E-state index contributed by atoms with van der Waals surface area (Å²) in [4.78, 5) is 24.6. The zero-order valence-corrected chi connectivity index (χ0v) is 15.5. The molecule has 2 heterocycles. The number of carbonyl (C=O) groups excluding carboxylic acids is 2. The van der Waals surface area contributed by atoms with Crippen LogP contribution in [0.5, 0.6) is 11.5 Å². The van der Waals surface area contributed by atoms with E-state index in [9.17, 15) is 9.59 Å². The normalized spacial score (nSPS) is 17.6. The zero-order valence-electron chi connectivity index (χ0n) is 14.7. The first-order valence-electron chi connectivity index (χ1n) is 8.89. The summed E-state index contributed by atoms with van der Waals surface area (Å²) in [6.45, 7) is 0.205. The molecule has 1 unspecified atom stereocenters. The fourth-order valence-electron chi connectivity index (χ4n) is 3.14. The molecule has 7 heteroatoms. The average Bonchev–Trinajstić information content (AvgIpc) is 3.06. The van der Waals surface area contributed by atoms with Crippen molar-refractivity contribution in [1.82, 2.24) is 0 Å². The van der Waals surface area contributed by atoms with Crippen molar-refractivity contribution in [3.63, 3.8) is 0 Å². The number of hydrogen-bond acceptors (Lipinski definition) is 5. The Morgan fingerprint density at radius 2 is 2.04 bits per heavy atom. The number of thioether (sulfide) groups is 1. The summed E-state index contributed by atoms with van der Waals surface area (Å²) in [5, 5.41) is 5.70. The number of anilines is 2. The molecule has 2 aromatic carbocycles. The maximum absolute atomic E-state index is 12.4. The van der Waals surface area contributed by atoms with Crippen molar-refractivity contribution in [2.75, 3.05) is 23.2 Å². The van der Waals surface area contributed by atoms with E-state index in [4.69, 9.17) is 9.47 Å². The molecule has 0 saturated carbocycles. The Morgan fingerprint density at radius 3 is 2.96 bits per heavy atom. The Bertz CT molecular complexity index is 871. The van der Waals surface area contributed by atoms with Crippen molar-refractivity contribution in [2.45, 2.75) is 24.5 Å². The fourth-order valence-corrected chi connectivity index (χ4v) is 4.22. The van der Waals surface area contributed by atoms with Gasteiger partial charge < -0.3 is 20.1 Å². The maximum Gasteiger partial charge on any atom is 0.237 e. The van der Waals surface area contributed by atoms with Crippen LogP contribution in [0.25, 0.3) is 0 Å². The SMILES string of the molecule is O=C(CCSC1CCc2ccccc2NC1=O)Nc1ccc2c(c1)OCO2. The molecule has 0 saturated heterocycles. The number of rotatable bonds is 5. The lowest BCUT2D eigenvalue weighted by atomic mass is 10.1. The molecule has 6 nitrogen and oxygen atoms in total. The Labute approximate surface area is 161 Å². The summed E-state index contributed by atoms with van der Waals surface area (Å²) in [5.74, 6) is 1.84. The molecular weight excluding hydrogens is 364 g/mol. The van der Waals surface area contributed by atoms with Gasteiger partial charge in [0.15, 0.2) is 11.5 Å². The minimum Gasteiger partial charge on any atom is -0.454 e. The highest BCUT2D eigenvalue weighted by molar-refractivity contribution is 8.00. The van der Waals surface area contributed by atoms with Gasteiger partial charge >= 0.3 is 0 Å². The van der Waals surface area contributed by atoms with E-state index in [1.807, 2.05) is 24.3 Å². The Hall–Kier alpha value is -2.67. The predicted octanol–water partition coefficient (Wildman–Crippen LogP) is 3.43. The molecule has 2 aromatic rings. The van der Waals surface area contributed by atoms with E-state index in [0.717, 1.165) is 24.1 Å². The monoisotopic (exact) mass is 384 g/mol. The van der Waals surface area contributed by atoms with Gasteiger partial charge in [-0.2, -0.15) is 0 Å². The lowest BCUT2D eigenvalue weighted by Gasteiger charge is -2.12. The zero-order chi connectivity index (χ0) is 18.6. The summed E-state index contributed by atoms with van der Waals surface area (Å²) >= 11 is 1.53. The number of amides is 2. The second-order valence-corrected chi connectivity index (χ2v) is 7.72. The van der Waals surface area contributed by atoms with Crippen LogP contribution < -0.4 is 20.1 Å². The second-order valence-electron chi connectivity index (χ2n) is 6.41. The number of benzene rings is 2. The molecule has 0 bridgehead atoms. The van der Waals surface area contributed by atoms with Gasteiger partial charge in [0.25, 0.3) is 0 Å². The number of aryl methyl sites for hydroxylation is 1. The van der Waals surface area contributed by atoms with Gasteiger partial charge in [-0.25, -0.2) is 0 Å². The lowest BCUT2D eigenvalue weighted by Crippen LogP contribution is -2.24. The summed E-state index contributed by atoms with van der Waals surface area (Å²) < 4.78 is 10.6. The van der Waals surface area contributed by atoms with Gasteiger partial charge in [-0.05, 0) is 36.6 Å². The summed E-state index contributed by atoms with van der Waals surface area (Å²) in [6.07, 6.45) is 1.98. The molecule has 4 rings (SSSR count). The summed E-state index contributed by atoms with van der Waals surface area (Å²) in [5.41, 5.74) is 2.73. The van der Waals surface area contributed by atoms with Crippen LogP contribution in [0.15, 0.2) is 42.5 Å². The van der Waals surface area contributed by atoms with E-state index >= 15 is 0 Å². The Morgan fingerprint density at radius 1 is 1.19 bits per heavy atom. The van der Waals surface area contributed by atoms with E-state index in [-0.39, 0.29) is 23.9 Å². The number of hydrogen-bond donors (Lipinski definition) is 2. The van der Waals surface area contributed by atoms with E-state index in [2.05, 4.69) is 10.6 Å². The van der Waals surface area contributed by atoms with Crippen LogP contribution in [-0.2, 0) is 16.0 Å². The molecule has 0 aromatic heterocycles. The Kier molecular flexibility index (Phi) is 5.20. The third-order valence-corrected chi connectivity index (χ3v) is 5.84. The summed E-state index contributed by atoms with van der Waals surface area (Å²) in [6, 6.07) is 13.2. The average molecular weight is 384 g/mol. The van der Waals surface area contributed by atoms with E-state index < -0.39 is 0 Å². The highest BCUT2D eigenvalue weighted by Crippen LogP contribution is 2.34. The molecule has 2 amide bonds. The first-order valence-corrected chi connectivity index (χ1v) is 9.94. The molecule has 2 aliphatic rings. The van der Waals surface area contributed by atoms with Crippen molar-refractivity contribution in [1.29, 1.82) is 0 Å². The van der Waals surface area contributed by atoms with Gasteiger partial charge in [0.1, 0.15) is 0 Å². The molecule has 27 heavy (non-hydrogen) atoms. The smallest absolute Gasteiger partial charge is 0.237 e. The van der Waals surface area contributed by atoms with Gasteiger partial charge in [0.2, 0.25) is 18.6 Å². The molecule has 2 aliphatic heterocycles. The van der Waals surface area contributed by atoms with Crippen LogP contribution in [0.2, 0.25) is 0 Å². The first-order chi connectivity index (χ1) is 13.2. The largest absolute Gasteiger partial charge is 0.454 e. The Balaban J connectivity index is 1.26. The third kappa shape index (κ3) is 4.19. The van der Waals surface area contributed by atoms with E-state index in [1.54, 1.807) is 18.2 Å². The maximum atomic E-state index is 12.4. The molecular formula is C20H20N2O4S. The van der Waals surface area contributed by atoms with Gasteiger partial charge in [-0.15, -0.1) is 11.8 Å². The molecule has 0 aliphatic carbocycles. The van der Waals surface area contributed by atoms with Crippen LogP contribution >= 0.6 is 11.8 Å². The standard InChI is InChI=1S/C20H20N2O4S/c23-19(21-14-6-7-16-17(11-14)26-12-25-16)9-10-27-18-8-5-13-3-1-2-4-15(13)22-20(18)24/h1-4,6-7,11,18H,5,8-10,12H2,(H,21,23)(H,22,24). The number of fused-ring (bicyclic) bond motifs is 2. The van der Waals surface area contributed by atoms with Gasteiger partial charge in [0, 0.05) is 29.6 Å². The minimum atomic E-state index is -0.143. The number of nitrogens with one attached hydrogen (secondary N) is 2. The van der Waals surface area contributed by atoms with Crippen LogP contribution in [-0.4, -0.2) is 29.6 Å². The van der Waals surface area contributed by atoms with Crippen molar-refractivity contribution in [3.05, 3.63) is 48.0 Å². The first kappa shape index (κ1) is 17.7. The molecule has 2 N–H and O–H groups in total. The van der Waals surface area contributed by atoms with Crippen LogP contribution in [0, 0.1) is 0 Å². The quantitative estimate of drug-likeness (QED) is 0.826. The van der Waals surface area contributed by atoms with Crippen molar-refractivity contribution >= 4 is 35.0 Å². The van der Waals surface area contributed by atoms with Crippen LogP contribution in [0.4, 0.5) is 11.4 Å². The van der Waals surface area contributed by atoms with Gasteiger partial charge in [0.05, 0.1) is 5.25 Å². The number of carbonyl (C=O) groups is 2. The van der Waals surface area contributed by atoms with Gasteiger partial charge in [-0.3, -0.25) is 9.59 Å². The lowest BCUT2D eigenvalue weighted by molar-refractivity contribution is -0.116. The fraction of sp³-hybridized carbons (Fsp3) is 0.300. The minimum absolute atomic E-state index is 0.0149. The van der Waals surface area contributed by atoms with Crippen molar-refractivity contribution in [2.24, 2.45) is 0 Å². The number of para-hydroxylation sites is 1. The topological polar surface area (TPSA) is 76.7 Å². The molecule has 0 radical (unpaired) electrons. The van der Waals surface area contributed by atoms with Crippen molar-refractivity contribution in [3.8, 4) is 11.5 Å². The molecule has 140 valence electrons. The highest BCUT2D eigenvalue weighted by atomic mass is 32.2. The van der Waals surface area contributed by atoms with Crippen LogP contribution in [0.1, 0.15) is 18.4 Å². The predicted molar refractivity (Wildman–Crippen MR) is 105 cm³/mol. The second kappa shape index (κ2) is 7.92. The van der Waals surface area contributed by atoms with Crippen LogP contribution in [0.3, 0.4) is 0 Å². The van der Waals surface area contributed by atoms with Crippen molar-refractivity contribution < 1.29 is 19.1 Å². The molecule has 1 atom stereocenters.